The fourth-order valence-corrected chi connectivity index (χ4v) is 3.19. The van der Waals surface area contributed by atoms with Gasteiger partial charge in [0.2, 0.25) is 5.91 Å². The third-order valence-corrected chi connectivity index (χ3v) is 4.94. The molecule has 0 bridgehead atoms. The molecule has 7 heteroatoms. The van der Waals surface area contributed by atoms with Gasteiger partial charge < -0.3 is 25.0 Å². The van der Waals surface area contributed by atoms with Crippen LogP contribution in [0.3, 0.4) is 0 Å². The van der Waals surface area contributed by atoms with Crippen LogP contribution >= 0.6 is 0 Å². The van der Waals surface area contributed by atoms with E-state index in [1.54, 1.807) is 14.2 Å². The van der Waals surface area contributed by atoms with Crippen LogP contribution in [0.15, 0.2) is 36.4 Å². The summed E-state index contributed by atoms with van der Waals surface area (Å²) in [7, 11) is 5.17. The monoisotopic (exact) mass is 414 g/mol. The molecule has 0 fully saturated rings. The third kappa shape index (κ3) is 6.77. The van der Waals surface area contributed by atoms with Crippen molar-refractivity contribution in [3.05, 3.63) is 53.1 Å². The van der Waals surface area contributed by atoms with E-state index in [0.29, 0.717) is 18.0 Å². The van der Waals surface area contributed by atoms with Crippen molar-refractivity contribution < 1.29 is 24.0 Å². The molecule has 0 saturated carbocycles. The first-order chi connectivity index (χ1) is 14.3. The number of para-hydroxylation sites is 1. The molecule has 7 nitrogen and oxygen atoms in total. The van der Waals surface area contributed by atoms with Crippen molar-refractivity contribution in [3.8, 4) is 11.5 Å². The molecule has 162 valence electrons. The number of carbonyl (C=O) groups excluding carboxylic acids is 2. The normalized spacial score (nSPS) is 11.5. The minimum absolute atomic E-state index is 0.0461. The summed E-state index contributed by atoms with van der Waals surface area (Å²) in [5.41, 5.74) is 3.90. The van der Waals surface area contributed by atoms with E-state index >= 15 is 0 Å². The second-order valence-corrected chi connectivity index (χ2v) is 7.41. The van der Waals surface area contributed by atoms with Crippen molar-refractivity contribution in [2.75, 3.05) is 46.2 Å². The first-order valence-electron chi connectivity index (χ1n) is 9.99. The molecule has 0 aliphatic heterocycles. The molecule has 1 atom stereocenters. The number of benzene rings is 2. The highest BCUT2D eigenvalue weighted by molar-refractivity contribution is 5.95. The molecule has 2 aromatic carbocycles. The zero-order valence-electron chi connectivity index (χ0n) is 18.4. The maximum atomic E-state index is 12.2. The molecule has 0 heterocycles. The minimum atomic E-state index is -0.233. The summed E-state index contributed by atoms with van der Waals surface area (Å²) in [6.07, 6.45) is 0.798. The van der Waals surface area contributed by atoms with Crippen LogP contribution in [-0.4, -0.2) is 52.7 Å². The number of aryl methyl sites for hydroxylation is 2. The summed E-state index contributed by atoms with van der Waals surface area (Å²) in [4.78, 5) is 25.4. The summed E-state index contributed by atoms with van der Waals surface area (Å²) in [5.74, 6) is 1.00. The number of hydrogen-bond donors (Lipinski definition) is 3. The van der Waals surface area contributed by atoms with E-state index in [2.05, 4.69) is 10.6 Å². The van der Waals surface area contributed by atoms with Gasteiger partial charge in [0, 0.05) is 12.1 Å². The van der Waals surface area contributed by atoms with Crippen LogP contribution in [-0.2, 0) is 16.0 Å². The van der Waals surface area contributed by atoms with Crippen molar-refractivity contribution in [2.45, 2.75) is 20.3 Å². The van der Waals surface area contributed by atoms with E-state index < -0.39 is 0 Å². The molecule has 0 aliphatic carbocycles. The van der Waals surface area contributed by atoms with Crippen LogP contribution in [0.2, 0.25) is 0 Å². The van der Waals surface area contributed by atoms with Crippen molar-refractivity contribution in [1.29, 1.82) is 0 Å². The second kappa shape index (κ2) is 11.2. The molecule has 30 heavy (non-hydrogen) atoms. The van der Waals surface area contributed by atoms with Crippen LogP contribution in [0.25, 0.3) is 0 Å². The van der Waals surface area contributed by atoms with E-state index in [-0.39, 0.29) is 18.4 Å². The lowest BCUT2D eigenvalue weighted by molar-refractivity contribution is -0.870. The first-order valence-corrected chi connectivity index (χ1v) is 9.99. The van der Waals surface area contributed by atoms with E-state index in [1.807, 2.05) is 57.3 Å². The highest BCUT2D eigenvalue weighted by Gasteiger charge is 2.13. The maximum absolute atomic E-state index is 12.2. The number of quaternary nitrogens is 1. The number of nitrogens with one attached hydrogen (secondary N) is 3. The largest absolute Gasteiger partial charge is 0.493 e. The smallest absolute Gasteiger partial charge is 0.275 e. The average Bonchev–Trinajstić information content (AvgIpc) is 2.73. The highest BCUT2D eigenvalue weighted by Crippen LogP contribution is 2.27. The lowest BCUT2D eigenvalue weighted by Gasteiger charge is -2.15. The van der Waals surface area contributed by atoms with Gasteiger partial charge in [-0.05, 0) is 42.7 Å². The zero-order valence-corrected chi connectivity index (χ0v) is 18.4. The number of ether oxygens (including phenoxy) is 2. The van der Waals surface area contributed by atoms with Gasteiger partial charge in [0.15, 0.2) is 18.0 Å². The maximum Gasteiger partial charge on any atom is 0.275 e. The molecule has 2 rings (SSSR count). The Balaban J connectivity index is 1.76. The Morgan fingerprint density at radius 1 is 0.967 bits per heavy atom. The lowest BCUT2D eigenvalue weighted by atomic mass is 10.1. The van der Waals surface area contributed by atoms with Crippen molar-refractivity contribution in [3.63, 3.8) is 0 Å². The lowest BCUT2D eigenvalue weighted by Crippen LogP contribution is -3.10. The summed E-state index contributed by atoms with van der Waals surface area (Å²) in [6, 6.07) is 11.7. The number of hydrogen-bond acceptors (Lipinski definition) is 4. The molecule has 2 aromatic rings. The fraction of sp³-hybridized carbons (Fsp3) is 0.391. The van der Waals surface area contributed by atoms with Crippen molar-refractivity contribution in [2.24, 2.45) is 0 Å². The Hall–Kier alpha value is -3.06. The summed E-state index contributed by atoms with van der Waals surface area (Å²) >= 11 is 0. The summed E-state index contributed by atoms with van der Waals surface area (Å²) < 4.78 is 10.6. The Morgan fingerprint density at radius 2 is 1.63 bits per heavy atom. The predicted octanol–water partition coefficient (Wildman–Crippen LogP) is 1.13. The first kappa shape index (κ1) is 23.2. The van der Waals surface area contributed by atoms with Gasteiger partial charge in [-0.2, -0.15) is 0 Å². The van der Waals surface area contributed by atoms with Gasteiger partial charge in [0.1, 0.15) is 0 Å². The molecule has 0 aromatic heterocycles. The van der Waals surface area contributed by atoms with E-state index in [0.717, 1.165) is 40.2 Å². The molecule has 3 N–H and O–H groups in total. The number of likely N-dealkylation sites (N-methyl/N-ethyl adjacent to an activating group) is 1. The van der Waals surface area contributed by atoms with Gasteiger partial charge in [0.25, 0.3) is 5.91 Å². The Labute approximate surface area is 178 Å². The standard InChI is InChI=1S/C23H31N3O4/c1-16-7-6-8-17(2)23(16)25-21(27)14-24-22(28)15-26(3)12-11-18-9-10-19(29-4)20(13-18)30-5/h6-10,13H,11-12,14-15H2,1-5H3,(H,24,28)(H,25,27)/p+1. The van der Waals surface area contributed by atoms with Crippen molar-refractivity contribution >= 4 is 17.5 Å². The Morgan fingerprint density at radius 3 is 2.27 bits per heavy atom. The van der Waals surface area contributed by atoms with E-state index in [4.69, 9.17) is 9.47 Å². The van der Waals surface area contributed by atoms with Gasteiger partial charge in [-0.1, -0.05) is 24.3 Å². The van der Waals surface area contributed by atoms with Gasteiger partial charge in [0.05, 0.1) is 34.4 Å². The molecule has 0 aliphatic rings. The van der Waals surface area contributed by atoms with Crippen molar-refractivity contribution in [1.82, 2.24) is 5.32 Å². The fourth-order valence-electron chi connectivity index (χ4n) is 3.19. The molecular weight excluding hydrogens is 382 g/mol. The minimum Gasteiger partial charge on any atom is -0.493 e. The van der Waals surface area contributed by atoms with Crippen LogP contribution < -0.4 is 25.0 Å². The molecule has 0 spiro atoms. The number of methoxy groups -OCH3 is 2. The van der Waals surface area contributed by atoms with Crippen LogP contribution in [0.1, 0.15) is 16.7 Å². The number of amides is 2. The molecule has 1 unspecified atom stereocenters. The van der Waals surface area contributed by atoms with E-state index in [1.165, 1.54) is 0 Å². The van der Waals surface area contributed by atoms with Crippen LogP contribution in [0.4, 0.5) is 5.69 Å². The third-order valence-electron chi connectivity index (χ3n) is 4.94. The number of rotatable bonds is 10. The molecule has 2 amide bonds. The highest BCUT2D eigenvalue weighted by atomic mass is 16.5. The van der Waals surface area contributed by atoms with Gasteiger partial charge in [-0.3, -0.25) is 9.59 Å². The molecule has 0 saturated heterocycles. The van der Waals surface area contributed by atoms with E-state index in [9.17, 15) is 9.59 Å². The summed E-state index contributed by atoms with van der Waals surface area (Å²) in [6.45, 7) is 4.91. The Kier molecular flexibility index (Phi) is 8.68. The quantitative estimate of drug-likeness (QED) is 0.545. The zero-order chi connectivity index (χ0) is 22.1. The SMILES string of the molecule is COc1ccc(CC[NH+](C)CC(=O)NCC(=O)Nc2c(C)cccc2C)cc1OC. The molecule has 0 radical (unpaired) electrons. The second-order valence-electron chi connectivity index (χ2n) is 7.41. The van der Waals surface area contributed by atoms with Crippen LogP contribution in [0.5, 0.6) is 11.5 Å². The van der Waals surface area contributed by atoms with Crippen LogP contribution in [0, 0.1) is 13.8 Å². The van der Waals surface area contributed by atoms with Gasteiger partial charge >= 0.3 is 0 Å². The average molecular weight is 415 g/mol. The van der Waals surface area contributed by atoms with Gasteiger partial charge in [-0.25, -0.2) is 0 Å². The number of carbonyl (C=O) groups is 2. The molecular formula is C23H32N3O4+. The number of anilines is 1. The summed E-state index contributed by atoms with van der Waals surface area (Å²) in [5, 5.41) is 5.57. The topological polar surface area (TPSA) is 81.1 Å². The van der Waals surface area contributed by atoms with Gasteiger partial charge in [-0.15, -0.1) is 0 Å². The predicted molar refractivity (Wildman–Crippen MR) is 117 cm³/mol. The Bertz CT molecular complexity index is 862.